The van der Waals surface area contributed by atoms with Crippen molar-refractivity contribution in [2.75, 3.05) is 24.8 Å². The highest BCUT2D eigenvalue weighted by molar-refractivity contribution is 6.18. The van der Waals surface area contributed by atoms with E-state index in [2.05, 4.69) is 5.32 Å². The fourth-order valence-electron chi connectivity index (χ4n) is 2.79. The van der Waals surface area contributed by atoms with E-state index < -0.39 is 35.0 Å². The summed E-state index contributed by atoms with van der Waals surface area (Å²) < 4.78 is 5.18. The molecule has 2 N–H and O–H groups in total. The van der Waals surface area contributed by atoms with Gasteiger partial charge < -0.3 is 15.2 Å². The van der Waals surface area contributed by atoms with Crippen LogP contribution in [0, 0.1) is 10.1 Å². The van der Waals surface area contributed by atoms with Gasteiger partial charge in [0.05, 0.1) is 18.0 Å². The van der Waals surface area contributed by atoms with Crippen LogP contribution in [0.1, 0.15) is 38.3 Å². The molecule has 0 bridgehead atoms. The number of halogens is 2. The minimum Gasteiger partial charge on any atom is -0.481 e. The maximum atomic E-state index is 12.1. The van der Waals surface area contributed by atoms with Gasteiger partial charge in [-0.15, -0.1) is 23.2 Å². The summed E-state index contributed by atoms with van der Waals surface area (Å²) in [6.45, 7) is 6.03. The Balaban J connectivity index is 3.05. The summed E-state index contributed by atoms with van der Waals surface area (Å²) in [6.07, 6.45) is -1.32. The SMILES string of the molecule is CC(C)(C)OC(=O)N[C@H](CC(=O)O)Cc1cc(CON(CCCl)CCCl)ccc1[N+](=O)[O-]. The normalized spacial score (nSPS) is 12.4. The highest BCUT2D eigenvalue weighted by Crippen LogP contribution is 2.23. The van der Waals surface area contributed by atoms with Gasteiger partial charge in [-0.05, 0) is 38.5 Å². The molecule has 0 saturated carbocycles. The number of ether oxygens (including phenoxy) is 1. The predicted molar refractivity (Wildman–Crippen MR) is 120 cm³/mol. The molecule has 0 unspecified atom stereocenters. The van der Waals surface area contributed by atoms with Crippen molar-refractivity contribution in [3.8, 4) is 0 Å². The number of amides is 1. The standard InChI is InChI=1S/C20H29Cl2N3O7/c1-20(2,3)32-19(28)23-16(12-18(26)27)11-15-10-14(4-5-17(15)25(29)30)13-31-24(8-6-21)9-7-22/h4-5,10,16H,6-9,11-13H2,1-3H3,(H,23,28)(H,26,27)/t16-/m0/s1. The number of nitrogens with one attached hydrogen (secondary N) is 1. The molecule has 1 atom stereocenters. The van der Waals surface area contributed by atoms with Crippen LogP contribution in [0.2, 0.25) is 0 Å². The fourth-order valence-corrected chi connectivity index (χ4v) is 3.17. The van der Waals surface area contributed by atoms with E-state index in [1.807, 2.05) is 0 Å². The number of benzene rings is 1. The van der Waals surface area contributed by atoms with Crippen molar-refractivity contribution < 1.29 is 29.2 Å². The van der Waals surface area contributed by atoms with Gasteiger partial charge in [0.1, 0.15) is 5.60 Å². The van der Waals surface area contributed by atoms with E-state index in [9.17, 15) is 24.8 Å². The molecular weight excluding hydrogens is 465 g/mol. The van der Waals surface area contributed by atoms with Crippen LogP contribution in [-0.2, 0) is 27.4 Å². The number of carboxylic acids is 1. The van der Waals surface area contributed by atoms with Crippen LogP contribution in [0.5, 0.6) is 0 Å². The number of nitrogens with zero attached hydrogens (tertiary/aromatic N) is 2. The Labute approximate surface area is 196 Å². The van der Waals surface area contributed by atoms with Gasteiger partial charge in [-0.2, -0.15) is 5.06 Å². The van der Waals surface area contributed by atoms with Crippen LogP contribution in [0.25, 0.3) is 0 Å². The van der Waals surface area contributed by atoms with E-state index in [4.69, 9.17) is 32.8 Å². The Kier molecular flexibility index (Phi) is 11.7. The van der Waals surface area contributed by atoms with Crippen LogP contribution in [0.15, 0.2) is 18.2 Å². The second kappa shape index (κ2) is 13.4. The number of rotatable bonds is 13. The van der Waals surface area contributed by atoms with Crippen molar-refractivity contribution in [1.29, 1.82) is 0 Å². The maximum Gasteiger partial charge on any atom is 0.407 e. The maximum absolute atomic E-state index is 12.1. The molecule has 1 rings (SSSR count). The fraction of sp³-hybridized carbons (Fsp3) is 0.600. The molecule has 0 spiro atoms. The number of carboxylic acid groups (broad SMARTS) is 1. The minimum atomic E-state index is -1.16. The molecule has 12 heteroatoms. The lowest BCUT2D eigenvalue weighted by molar-refractivity contribution is -0.385. The van der Waals surface area contributed by atoms with Gasteiger partial charge in [-0.1, -0.05) is 0 Å². The second-order valence-electron chi connectivity index (χ2n) is 7.95. The largest absolute Gasteiger partial charge is 0.481 e. The van der Waals surface area contributed by atoms with E-state index in [0.717, 1.165) is 0 Å². The van der Waals surface area contributed by atoms with Crippen LogP contribution in [0.4, 0.5) is 10.5 Å². The minimum absolute atomic E-state index is 0.0806. The Bertz CT molecular complexity index is 781. The number of aliphatic carboxylic acids is 1. The summed E-state index contributed by atoms with van der Waals surface area (Å²) in [4.78, 5) is 40.0. The van der Waals surface area contributed by atoms with Gasteiger partial charge in [0.2, 0.25) is 0 Å². The van der Waals surface area contributed by atoms with Crippen molar-refractivity contribution >= 4 is 41.0 Å². The Morgan fingerprint density at radius 3 is 2.38 bits per heavy atom. The summed E-state index contributed by atoms with van der Waals surface area (Å²) >= 11 is 11.5. The molecular formula is C20H29Cl2N3O7. The summed E-state index contributed by atoms with van der Waals surface area (Å²) in [5, 5.41) is 24.8. The zero-order chi connectivity index (χ0) is 24.3. The molecule has 0 radical (unpaired) electrons. The molecule has 1 amide bonds. The monoisotopic (exact) mass is 493 g/mol. The summed E-state index contributed by atoms with van der Waals surface area (Å²) in [5.41, 5.74) is -0.0711. The van der Waals surface area contributed by atoms with E-state index in [1.165, 1.54) is 6.07 Å². The first kappa shape index (κ1) is 27.9. The first-order valence-corrected chi connectivity index (χ1v) is 11.0. The predicted octanol–water partition coefficient (Wildman–Crippen LogP) is 3.72. The van der Waals surface area contributed by atoms with Crippen LogP contribution < -0.4 is 5.32 Å². The van der Waals surface area contributed by atoms with Crippen LogP contribution >= 0.6 is 23.2 Å². The number of alkyl carbamates (subject to hydrolysis) is 1. The van der Waals surface area contributed by atoms with Crippen LogP contribution in [0.3, 0.4) is 0 Å². The third kappa shape index (κ3) is 10.9. The summed E-state index contributed by atoms with van der Waals surface area (Å²) in [7, 11) is 0. The smallest absolute Gasteiger partial charge is 0.407 e. The molecule has 1 aromatic carbocycles. The van der Waals surface area contributed by atoms with Gasteiger partial charge in [0.15, 0.2) is 0 Å². The third-order valence-corrected chi connectivity index (χ3v) is 4.37. The van der Waals surface area contributed by atoms with Crippen molar-refractivity contribution in [2.24, 2.45) is 0 Å². The van der Waals surface area contributed by atoms with Crippen molar-refractivity contribution in [3.05, 3.63) is 39.4 Å². The number of nitro groups is 1. The molecule has 0 aliphatic rings. The van der Waals surface area contributed by atoms with Crippen molar-refractivity contribution in [3.63, 3.8) is 0 Å². The molecule has 0 fully saturated rings. The topological polar surface area (TPSA) is 131 Å². The average Bonchev–Trinajstić information content (AvgIpc) is 2.64. The number of hydrogen-bond donors (Lipinski definition) is 2. The molecule has 1 aromatic rings. The molecule has 0 heterocycles. The van der Waals surface area contributed by atoms with E-state index in [0.29, 0.717) is 30.4 Å². The molecule has 180 valence electrons. The number of hydrogen-bond acceptors (Lipinski definition) is 7. The van der Waals surface area contributed by atoms with Gasteiger partial charge >= 0.3 is 12.1 Å². The van der Waals surface area contributed by atoms with Crippen molar-refractivity contribution in [1.82, 2.24) is 10.4 Å². The Morgan fingerprint density at radius 2 is 1.88 bits per heavy atom. The highest BCUT2D eigenvalue weighted by atomic mass is 35.5. The van der Waals surface area contributed by atoms with Gasteiger partial charge in [0.25, 0.3) is 5.69 Å². The number of carbonyl (C=O) groups excluding carboxylic acids is 1. The number of carbonyl (C=O) groups is 2. The van der Waals surface area contributed by atoms with E-state index in [-0.39, 0.29) is 24.3 Å². The van der Waals surface area contributed by atoms with E-state index in [1.54, 1.807) is 38.0 Å². The highest BCUT2D eigenvalue weighted by Gasteiger charge is 2.25. The third-order valence-electron chi connectivity index (χ3n) is 4.03. The Morgan fingerprint density at radius 1 is 1.25 bits per heavy atom. The lowest BCUT2D eigenvalue weighted by Gasteiger charge is -2.23. The molecule has 0 aliphatic heterocycles. The lowest BCUT2D eigenvalue weighted by atomic mass is 9.99. The molecule has 0 saturated heterocycles. The summed E-state index contributed by atoms with van der Waals surface area (Å²) in [6, 6.07) is 3.52. The first-order valence-electron chi connectivity index (χ1n) is 9.92. The number of nitro benzene ring substituents is 1. The molecule has 0 aliphatic carbocycles. The van der Waals surface area contributed by atoms with E-state index >= 15 is 0 Å². The van der Waals surface area contributed by atoms with Gasteiger partial charge in [0, 0.05) is 48.9 Å². The molecule has 10 nitrogen and oxygen atoms in total. The quantitative estimate of drug-likeness (QED) is 0.241. The lowest BCUT2D eigenvalue weighted by Crippen LogP contribution is -2.41. The van der Waals surface area contributed by atoms with Gasteiger partial charge in [-0.3, -0.25) is 19.7 Å². The second-order valence-corrected chi connectivity index (χ2v) is 8.70. The van der Waals surface area contributed by atoms with Crippen molar-refractivity contribution in [2.45, 2.75) is 51.9 Å². The molecule has 32 heavy (non-hydrogen) atoms. The first-order chi connectivity index (χ1) is 14.9. The zero-order valence-electron chi connectivity index (χ0n) is 18.3. The number of hydroxylamine groups is 2. The molecule has 0 aromatic heterocycles. The van der Waals surface area contributed by atoms with Crippen LogP contribution in [-0.4, -0.2) is 63.6 Å². The Hall–Kier alpha value is -2.14. The zero-order valence-corrected chi connectivity index (χ0v) is 19.8. The van der Waals surface area contributed by atoms with Gasteiger partial charge in [-0.25, -0.2) is 4.79 Å². The number of alkyl halides is 2. The average molecular weight is 494 g/mol. The summed E-state index contributed by atoms with van der Waals surface area (Å²) in [5.74, 6) is -0.475.